The van der Waals surface area contributed by atoms with Gasteiger partial charge < -0.3 is 10.1 Å². The van der Waals surface area contributed by atoms with Crippen LogP contribution < -0.4 is 5.32 Å². The Hall–Kier alpha value is -1.76. The second kappa shape index (κ2) is 9.63. The molecule has 0 radical (unpaired) electrons. The number of esters is 1. The van der Waals surface area contributed by atoms with Gasteiger partial charge >= 0.3 is 5.97 Å². The molecule has 0 aromatic heterocycles. The van der Waals surface area contributed by atoms with Crippen molar-refractivity contribution in [2.75, 3.05) is 6.61 Å². The molecule has 0 saturated heterocycles. The lowest BCUT2D eigenvalue weighted by Crippen LogP contribution is -2.30. The van der Waals surface area contributed by atoms with Gasteiger partial charge in [-0.05, 0) is 43.2 Å². The van der Waals surface area contributed by atoms with Gasteiger partial charge in [0.1, 0.15) is 6.04 Å². The van der Waals surface area contributed by atoms with Crippen molar-refractivity contribution in [2.24, 2.45) is 4.99 Å². The lowest BCUT2D eigenvalue weighted by atomic mass is 9.97. The molecule has 0 saturated carbocycles. The van der Waals surface area contributed by atoms with Crippen LogP contribution in [0.4, 0.5) is 0 Å². The topological polar surface area (TPSA) is 50.7 Å². The molecule has 0 bridgehead atoms. The number of nitrogens with zero attached hydrogens (tertiary/aromatic N) is 1. The molecule has 0 fully saturated rings. The first kappa shape index (κ1) is 21.0. The van der Waals surface area contributed by atoms with E-state index in [-0.39, 0.29) is 5.97 Å². The van der Waals surface area contributed by atoms with Crippen molar-refractivity contribution in [2.45, 2.75) is 25.6 Å². The maximum atomic E-state index is 12.6. The molecule has 0 amide bonds. The van der Waals surface area contributed by atoms with Gasteiger partial charge in [0.15, 0.2) is 5.17 Å². The van der Waals surface area contributed by atoms with Crippen LogP contribution in [0.5, 0.6) is 0 Å². The molecule has 4 nitrogen and oxygen atoms in total. The van der Waals surface area contributed by atoms with Gasteiger partial charge in [0, 0.05) is 20.9 Å². The highest BCUT2D eigenvalue weighted by molar-refractivity contribution is 9.10. The standard InChI is InChI=1S/C21H20BrClN2O2S/c1-3-27-20(26)18-13(2)24-21(28-12-15-7-4-5-10-17(15)23)25-19(18)14-8-6-9-16(22)11-14/h4-11,19H,3,12H2,1-2H3,(H,24,25)/t19-/m0/s1. The van der Waals surface area contributed by atoms with Crippen molar-refractivity contribution in [1.82, 2.24) is 5.32 Å². The molecule has 1 N–H and O–H groups in total. The number of halogens is 2. The van der Waals surface area contributed by atoms with Crippen molar-refractivity contribution in [3.63, 3.8) is 0 Å². The largest absolute Gasteiger partial charge is 0.463 e. The predicted octanol–water partition coefficient (Wildman–Crippen LogP) is 5.87. The van der Waals surface area contributed by atoms with Gasteiger partial charge in [0.2, 0.25) is 0 Å². The van der Waals surface area contributed by atoms with E-state index in [1.807, 2.05) is 55.5 Å². The van der Waals surface area contributed by atoms with Crippen LogP contribution in [0.15, 0.2) is 69.3 Å². The van der Waals surface area contributed by atoms with E-state index >= 15 is 0 Å². The van der Waals surface area contributed by atoms with Crippen LogP contribution in [0.2, 0.25) is 5.02 Å². The zero-order chi connectivity index (χ0) is 20.1. The van der Waals surface area contributed by atoms with E-state index in [0.717, 1.165) is 31.5 Å². The van der Waals surface area contributed by atoms with E-state index in [4.69, 9.17) is 21.3 Å². The monoisotopic (exact) mass is 478 g/mol. The average Bonchev–Trinajstić information content (AvgIpc) is 2.67. The summed E-state index contributed by atoms with van der Waals surface area (Å²) in [4.78, 5) is 17.4. The summed E-state index contributed by atoms with van der Waals surface area (Å²) in [5.74, 6) is 0.329. The second-order valence-electron chi connectivity index (χ2n) is 6.16. The Bertz CT molecular complexity index is 946. The second-order valence-corrected chi connectivity index (χ2v) is 8.44. The van der Waals surface area contributed by atoms with Crippen LogP contribution in [0.25, 0.3) is 0 Å². The molecule has 0 unspecified atom stereocenters. The first-order valence-electron chi connectivity index (χ1n) is 8.84. The van der Waals surface area contributed by atoms with Gasteiger partial charge in [-0.15, -0.1) is 0 Å². The summed E-state index contributed by atoms with van der Waals surface area (Å²) < 4.78 is 6.21. The number of amidine groups is 1. The number of allylic oxidation sites excluding steroid dienone is 1. The number of carbonyl (C=O) groups is 1. The minimum Gasteiger partial charge on any atom is -0.463 e. The summed E-state index contributed by atoms with van der Waals surface area (Å²) in [6.45, 7) is 3.99. The number of benzene rings is 2. The number of ether oxygens (including phenoxy) is 1. The molecule has 2 aromatic carbocycles. The third-order valence-corrected chi connectivity index (χ3v) is 6.00. The fraction of sp³-hybridized carbons (Fsp3) is 0.238. The summed E-state index contributed by atoms with van der Waals surface area (Å²) in [6.07, 6.45) is 0. The molecular formula is C21H20BrClN2O2S. The summed E-state index contributed by atoms with van der Waals surface area (Å²) in [5, 5.41) is 4.72. The van der Waals surface area contributed by atoms with Crippen molar-refractivity contribution in [3.05, 3.63) is 80.4 Å². The van der Waals surface area contributed by atoms with Crippen LogP contribution in [0, 0.1) is 0 Å². The SMILES string of the molecule is CCOC(=O)C1=C(C)NC(SCc2ccccc2Cl)=N[C@H]1c1cccc(Br)c1. The van der Waals surface area contributed by atoms with Crippen LogP contribution in [0.3, 0.4) is 0 Å². The highest BCUT2D eigenvalue weighted by Gasteiger charge is 2.30. The minimum atomic E-state index is -0.424. The maximum Gasteiger partial charge on any atom is 0.338 e. The fourth-order valence-electron chi connectivity index (χ4n) is 2.87. The average molecular weight is 480 g/mol. The third kappa shape index (κ3) is 4.99. The van der Waals surface area contributed by atoms with E-state index in [1.54, 1.807) is 18.7 Å². The number of thioether (sulfide) groups is 1. The summed E-state index contributed by atoms with van der Waals surface area (Å²) in [6, 6.07) is 15.1. The van der Waals surface area contributed by atoms with Gasteiger partial charge in [-0.1, -0.05) is 69.6 Å². The number of hydrogen-bond donors (Lipinski definition) is 1. The maximum absolute atomic E-state index is 12.6. The van der Waals surface area contributed by atoms with Crippen LogP contribution in [0.1, 0.15) is 31.0 Å². The molecule has 7 heteroatoms. The highest BCUT2D eigenvalue weighted by Crippen LogP contribution is 2.34. The van der Waals surface area contributed by atoms with E-state index in [2.05, 4.69) is 21.2 Å². The Morgan fingerprint density at radius 2 is 2.07 bits per heavy atom. The molecule has 1 atom stereocenters. The molecule has 0 aliphatic carbocycles. The number of carbonyl (C=O) groups excluding carboxylic acids is 1. The first-order chi connectivity index (χ1) is 13.5. The Balaban J connectivity index is 1.90. The van der Waals surface area contributed by atoms with E-state index < -0.39 is 6.04 Å². The summed E-state index contributed by atoms with van der Waals surface area (Å²) in [5.41, 5.74) is 3.24. The Kier molecular flexibility index (Phi) is 7.21. The normalized spacial score (nSPS) is 16.4. The van der Waals surface area contributed by atoms with Crippen molar-refractivity contribution >= 4 is 50.4 Å². The van der Waals surface area contributed by atoms with Gasteiger partial charge in [-0.2, -0.15) is 0 Å². The lowest BCUT2D eigenvalue weighted by molar-refractivity contribution is -0.138. The quantitative estimate of drug-likeness (QED) is 0.545. The minimum absolute atomic E-state index is 0.318. The summed E-state index contributed by atoms with van der Waals surface area (Å²) >= 11 is 11.3. The molecular weight excluding hydrogens is 460 g/mol. The van der Waals surface area contributed by atoms with Crippen molar-refractivity contribution < 1.29 is 9.53 Å². The zero-order valence-corrected chi connectivity index (χ0v) is 18.7. The van der Waals surface area contributed by atoms with Gasteiger partial charge in [0.05, 0.1) is 12.2 Å². The number of hydrogen-bond acceptors (Lipinski definition) is 5. The smallest absolute Gasteiger partial charge is 0.338 e. The van der Waals surface area contributed by atoms with Gasteiger partial charge in [-0.25, -0.2) is 9.79 Å². The van der Waals surface area contributed by atoms with Crippen LogP contribution in [-0.4, -0.2) is 17.7 Å². The molecule has 2 aromatic rings. The predicted molar refractivity (Wildman–Crippen MR) is 120 cm³/mol. The lowest BCUT2D eigenvalue weighted by Gasteiger charge is -2.26. The summed E-state index contributed by atoms with van der Waals surface area (Å²) in [7, 11) is 0. The van der Waals surface area contributed by atoms with E-state index in [1.165, 1.54) is 0 Å². The molecule has 1 aliphatic rings. The molecule has 146 valence electrons. The van der Waals surface area contributed by atoms with E-state index in [0.29, 0.717) is 17.9 Å². The number of rotatable bonds is 5. The number of aliphatic imine (C=N–C) groups is 1. The Labute approximate surface area is 182 Å². The fourth-order valence-corrected chi connectivity index (χ4v) is 4.52. The Morgan fingerprint density at radius 3 is 2.79 bits per heavy atom. The molecule has 1 heterocycles. The zero-order valence-electron chi connectivity index (χ0n) is 15.5. The number of nitrogens with one attached hydrogen (secondary N) is 1. The Morgan fingerprint density at radius 1 is 1.29 bits per heavy atom. The van der Waals surface area contributed by atoms with Crippen molar-refractivity contribution in [3.8, 4) is 0 Å². The van der Waals surface area contributed by atoms with E-state index in [9.17, 15) is 4.79 Å². The van der Waals surface area contributed by atoms with Crippen molar-refractivity contribution in [1.29, 1.82) is 0 Å². The molecule has 28 heavy (non-hydrogen) atoms. The molecule has 3 rings (SSSR count). The van der Waals surface area contributed by atoms with Gasteiger partial charge in [0.25, 0.3) is 0 Å². The van der Waals surface area contributed by atoms with Crippen LogP contribution >= 0.6 is 39.3 Å². The van der Waals surface area contributed by atoms with Gasteiger partial charge in [-0.3, -0.25) is 0 Å². The third-order valence-electron chi connectivity index (χ3n) is 4.20. The molecule has 1 aliphatic heterocycles. The highest BCUT2D eigenvalue weighted by atomic mass is 79.9. The van der Waals surface area contributed by atoms with Crippen LogP contribution in [-0.2, 0) is 15.3 Å². The first-order valence-corrected chi connectivity index (χ1v) is 11.0. The molecule has 0 spiro atoms.